The van der Waals surface area contributed by atoms with E-state index in [9.17, 15) is 14.0 Å². The fourth-order valence-electron chi connectivity index (χ4n) is 8.38. The fraction of sp³-hybridized carbons (Fsp3) is 0.686. The van der Waals surface area contributed by atoms with E-state index in [0.717, 1.165) is 71.2 Å². The topological polar surface area (TPSA) is 91.8 Å². The van der Waals surface area contributed by atoms with E-state index in [1.807, 2.05) is 20.8 Å². The van der Waals surface area contributed by atoms with Crippen molar-refractivity contribution in [3.63, 3.8) is 0 Å². The van der Waals surface area contributed by atoms with Gasteiger partial charge in [-0.2, -0.15) is 0 Å². The summed E-state index contributed by atoms with van der Waals surface area (Å²) in [6, 6.07) is 3.87. The minimum atomic E-state index is -2.24. The van der Waals surface area contributed by atoms with Crippen LogP contribution in [0.4, 0.5) is 10.2 Å². The number of hydrogen-bond donors (Lipinski definition) is 0. The second-order valence-corrected chi connectivity index (χ2v) is 14.7. The predicted octanol–water partition coefficient (Wildman–Crippen LogP) is 6.14. The third-order valence-electron chi connectivity index (χ3n) is 11.0. The lowest BCUT2D eigenvalue weighted by molar-refractivity contribution is -0.124. The van der Waals surface area contributed by atoms with Crippen molar-refractivity contribution in [2.75, 3.05) is 44.2 Å². The van der Waals surface area contributed by atoms with Crippen LogP contribution in [0.2, 0.25) is 0 Å². The van der Waals surface area contributed by atoms with Gasteiger partial charge in [-0.05, 0) is 108 Å². The van der Waals surface area contributed by atoms with Crippen molar-refractivity contribution in [1.82, 2.24) is 25.0 Å². The average molecular weight is 624 g/mol. The van der Waals surface area contributed by atoms with Gasteiger partial charge in [-0.15, -0.1) is 10.2 Å². The fourth-order valence-corrected chi connectivity index (χ4v) is 8.38. The number of benzene rings is 1. The summed E-state index contributed by atoms with van der Waals surface area (Å²) < 4.78 is 44.3. The van der Waals surface area contributed by atoms with E-state index in [1.165, 1.54) is 24.5 Å². The predicted molar refractivity (Wildman–Crippen MR) is 171 cm³/mol. The van der Waals surface area contributed by atoms with Crippen LogP contribution in [0.3, 0.4) is 0 Å². The highest BCUT2D eigenvalue weighted by atomic mass is 19.1. The lowest BCUT2D eigenvalue weighted by atomic mass is 9.67. The summed E-state index contributed by atoms with van der Waals surface area (Å²) >= 11 is 0. The molecule has 1 amide bonds. The highest BCUT2D eigenvalue weighted by molar-refractivity contribution is 5.97. The molecule has 4 fully saturated rings. The summed E-state index contributed by atoms with van der Waals surface area (Å²) in [6.07, 6.45) is 8.48. The second kappa shape index (κ2) is 12.2. The molecule has 10 heteroatoms. The van der Waals surface area contributed by atoms with E-state index in [2.05, 4.69) is 25.0 Å². The third kappa shape index (κ3) is 6.44. The van der Waals surface area contributed by atoms with Gasteiger partial charge in [0.1, 0.15) is 23.7 Å². The highest BCUT2D eigenvalue weighted by Gasteiger charge is 2.51. The van der Waals surface area contributed by atoms with E-state index in [0.29, 0.717) is 31.1 Å². The Morgan fingerprint density at radius 1 is 1.18 bits per heavy atom. The number of carbonyl (C=O) groups excluding carboxylic acids is 2. The van der Waals surface area contributed by atoms with Crippen molar-refractivity contribution in [3.05, 3.63) is 35.9 Å². The summed E-state index contributed by atoms with van der Waals surface area (Å²) in [5.74, 6) is 0.644. The Morgan fingerprint density at radius 2 is 1.91 bits per heavy atom. The minimum absolute atomic E-state index is 0.0587. The van der Waals surface area contributed by atoms with Gasteiger partial charge in [-0.1, -0.05) is 13.8 Å². The van der Waals surface area contributed by atoms with Crippen LogP contribution in [0.25, 0.3) is 0 Å². The van der Waals surface area contributed by atoms with E-state index in [4.69, 9.17) is 8.85 Å². The summed E-state index contributed by atoms with van der Waals surface area (Å²) in [5, 5.41) is 8.15. The largest absolute Gasteiger partial charge is 0.434 e. The van der Waals surface area contributed by atoms with Crippen LogP contribution >= 0.6 is 0 Å². The van der Waals surface area contributed by atoms with Crippen molar-refractivity contribution in [2.24, 2.45) is 22.2 Å². The van der Waals surface area contributed by atoms with E-state index in [1.54, 1.807) is 11.8 Å². The van der Waals surface area contributed by atoms with Crippen LogP contribution < -0.4 is 9.64 Å². The number of halogens is 1. The molecule has 2 spiro atoms. The molecule has 0 radical (unpaired) electrons. The summed E-state index contributed by atoms with van der Waals surface area (Å²) in [6.45, 7) is 10.4. The molecular formula is C35H49FN6O3. The van der Waals surface area contributed by atoms with Crippen molar-refractivity contribution < 1.29 is 22.8 Å². The number of aromatic nitrogens is 3. The van der Waals surface area contributed by atoms with Crippen molar-refractivity contribution in [2.45, 2.75) is 92.0 Å². The third-order valence-corrected chi connectivity index (χ3v) is 11.0. The zero-order valence-corrected chi connectivity index (χ0v) is 27.1. The average Bonchev–Trinajstić information content (AvgIpc) is 3.28. The Balaban J connectivity index is 1.02. The molecule has 1 unspecified atom stereocenters. The molecule has 6 rings (SSSR count). The SMILES string of the molecule is [2H]C([2H])([2H])C1(C)CC2(CCC(CN3CCC4(CC3)CN(c3ncnnc3Oc3ccc(F)cc3C(=O)N(CC)C(C)C)C4)CC2)CC1=O. The molecule has 244 valence electrons. The van der Waals surface area contributed by atoms with Crippen molar-refractivity contribution >= 4 is 17.5 Å². The molecule has 2 aliphatic heterocycles. The zero-order valence-electron chi connectivity index (χ0n) is 30.1. The lowest BCUT2D eigenvalue weighted by Gasteiger charge is -2.54. The Hall–Kier alpha value is -3.14. The Morgan fingerprint density at radius 3 is 2.56 bits per heavy atom. The monoisotopic (exact) mass is 623 g/mol. The van der Waals surface area contributed by atoms with Gasteiger partial charge in [0.05, 0.1) is 5.56 Å². The molecule has 1 atom stereocenters. The second-order valence-electron chi connectivity index (χ2n) is 14.7. The maximum Gasteiger partial charge on any atom is 0.282 e. The highest BCUT2D eigenvalue weighted by Crippen LogP contribution is 2.55. The minimum Gasteiger partial charge on any atom is -0.434 e. The van der Waals surface area contributed by atoms with Crippen molar-refractivity contribution in [1.29, 1.82) is 0 Å². The van der Waals surface area contributed by atoms with Gasteiger partial charge in [0.15, 0.2) is 5.82 Å². The number of likely N-dealkylation sites (tertiary alicyclic amines) is 1. The van der Waals surface area contributed by atoms with Gasteiger partial charge in [0, 0.05) is 53.6 Å². The number of nitrogens with zero attached hydrogens (tertiary/aromatic N) is 6. The number of Topliss-reactive ketones (excluding diaryl/α,β-unsaturated/α-hetero) is 1. The molecule has 2 saturated carbocycles. The van der Waals surface area contributed by atoms with Gasteiger partial charge in [0.2, 0.25) is 0 Å². The summed E-state index contributed by atoms with van der Waals surface area (Å²) in [7, 11) is 0. The summed E-state index contributed by atoms with van der Waals surface area (Å²) in [4.78, 5) is 37.0. The Kier molecular flexibility index (Phi) is 7.64. The molecule has 4 aliphatic rings. The van der Waals surface area contributed by atoms with Crippen LogP contribution in [-0.2, 0) is 4.79 Å². The van der Waals surface area contributed by atoms with Crippen LogP contribution in [0, 0.1) is 28.0 Å². The van der Waals surface area contributed by atoms with Gasteiger partial charge in [-0.3, -0.25) is 9.59 Å². The number of rotatable bonds is 8. The first-order chi connectivity index (χ1) is 22.7. The molecule has 2 saturated heterocycles. The quantitative estimate of drug-likeness (QED) is 0.346. The molecular weight excluding hydrogens is 571 g/mol. The van der Waals surface area contributed by atoms with Crippen LogP contribution in [0.5, 0.6) is 11.6 Å². The molecule has 3 heterocycles. The normalized spacial score (nSPS) is 29.4. The number of hydrogen-bond acceptors (Lipinski definition) is 8. The van der Waals surface area contributed by atoms with Gasteiger partial charge < -0.3 is 19.4 Å². The number of carbonyl (C=O) groups is 2. The standard InChI is InChI=1S/C35H49FN6O3/c1-6-42(24(2)3)32(44)27-17-26(36)7-8-28(27)45-31-30(37-23-38-39-31)41-21-35(22-41)13-15-40(16-14-35)19-25-9-11-34(12-10-25)18-29(43)33(4,5)20-34/h7-8,17,23-25H,6,9-16,18-22H2,1-5H3/i4D3. The smallest absolute Gasteiger partial charge is 0.282 e. The Labute approximate surface area is 271 Å². The first-order valence-electron chi connectivity index (χ1n) is 18.1. The number of ether oxygens (including phenoxy) is 1. The zero-order chi connectivity index (χ0) is 34.5. The summed E-state index contributed by atoms with van der Waals surface area (Å²) in [5.41, 5.74) is -1.00. The van der Waals surface area contributed by atoms with Gasteiger partial charge in [0.25, 0.3) is 11.8 Å². The number of piperidine rings is 1. The maximum absolute atomic E-state index is 14.3. The lowest BCUT2D eigenvalue weighted by Crippen LogP contribution is -2.61. The molecule has 45 heavy (non-hydrogen) atoms. The molecule has 1 aromatic heterocycles. The van der Waals surface area contributed by atoms with Crippen molar-refractivity contribution in [3.8, 4) is 11.6 Å². The number of amides is 1. The Bertz CT molecular complexity index is 1520. The molecule has 1 aromatic carbocycles. The molecule has 2 aliphatic carbocycles. The molecule has 0 bridgehead atoms. The van der Waals surface area contributed by atoms with E-state index in [-0.39, 0.29) is 45.8 Å². The molecule has 0 N–H and O–H groups in total. The molecule has 9 nitrogen and oxygen atoms in total. The molecule has 2 aromatic rings. The number of anilines is 1. The van der Waals surface area contributed by atoms with E-state index < -0.39 is 18.1 Å². The van der Waals surface area contributed by atoms with Gasteiger partial charge >= 0.3 is 0 Å². The first-order valence-corrected chi connectivity index (χ1v) is 16.6. The van der Waals surface area contributed by atoms with Crippen LogP contribution in [-0.4, -0.2) is 82.0 Å². The maximum atomic E-state index is 14.3. The number of ketones is 1. The van der Waals surface area contributed by atoms with Crippen LogP contribution in [0.15, 0.2) is 24.5 Å². The first kappa shape index (κ1) is 28.1. The van der Waals surface area contributed by atoms with Crippen LogP contribution in [0.1, 0.15) is 100 Å². The van der Waals surface area contributed by atoms with Gasteiger partial charge in [-0.25, -0.2) is 9.37 Å². The van der Waals surface area contributed by atoms with E-state index >= 15 is 0 Å².